The lowest BCUT2D eigenvalue weighted by Gasteiger charge is -2.31. The van der Waals surface area contributed by atoms with Gasteiger partial charge in [-0.1, -0.05) is 17.3 Å². The monoisotopic (exact) mass is 534 g/mol. The van der Waals surface area contributed by atoms with Crippen LogP contribution in [0.15, 0.2) is 53.1 Å². The van der Waals surface area contributed by atoms with Crippen molar-refractivity contribution < 1.29 is 28.1 Å². The van der Waals surface area contributed by atoms with Gasteiger partial charge in [0, 0.05) is 48.4 Å². The largest absolute Gasteiger partial charge is 0.454 e. The number of amides is 1. The third-order valence-electron chi connectivity index (χ3n) is 7.85. The molecule has 2 aromatic carbocycles. The number of nitro groups is 1. The molecular weight excluding hydrogens is 507 g/mol. The standard InChI is InChI=1S/C28H27FN4O6/c1-16-21(13-30-27(34)5-2-18-10-25-26(38-15-37-25)12-23(18)33(35)36)22(16)14-32-8-6-17(7-9-32)28-20-4-3-19(29)11-24(20)39-31-28/h2-5,10-12,17,21-22H,1,6-9,13-15H2,(H,30,34)/t21-,22-/m0/s1. The molecule has 0 spiro atoms. The van der Waals surface area contributed by atoms with Crippen molar-refractivity contribution in [2.24, 2.45) is 11.8 Å². The minimum absolute atomic E-state index is 0.00564. The minimum Gasteiger partial charge on any atom is -0.454 e. The number of likely N-dealkylation sites (tertiary alicyclic amines) is 1. The molecule has 3 aliphatic rings. The number of ether oxygens (including phenoxy) is 2. The third-order valence-corrected chi connectivity index (χ3v) is 7.85. The van der Waals surface area contributed by atoms with Gasteiger partial charge < -0.3 is 24.2 Å². The molecule has 0 radical (unpaired) electrons. The average Bonchev–Trinajstić information content (AvgIpc) is 3.27. The van der Waals surface area contributed by atoms with Crippen LogP contribution in [-0.4, -0.2) is 53.9 Å². The number of hydrogen-bond acceptors (Lipinski definition) is 8. The summed E-state index contributed by atoms with van der Waals surface area (Å²) >= 11 is 0. The number of carbonyl (C=O) groups is 1. The smallest absolute Gasteiger partial charge is 0.280 e. The number of nitro benzene ring substituents is 1. The molecule has 0 bridgehead atoms. The third kappa shape index (κ3) is 5.09. The quantitative estimate of drug-likeness (QED) is 0.195. The number of carbonyl (C=O) groups excluding carboxylic acids is 1. The summed E-state index contributed by atoms with van der Waals surface area (Å²) in [5, 5.41) is 19.4. The van der Waals surface area contributed by atoms with Crippen LogP contribution in [0.5, 0.6) is 11.5 Å². The normalized spacial score (nSPS) is 21.1. The molecule has 1 amide bonds. The molecule has 39 heavy (non-hydrogen) atoms. The van der Waals surface area contributed by atoms with E-state index >= 15 is 0 Å². The second-order valence-electron chi connectivity index (χ2n) is 10.2. The molecule has 3 heterocycles. The van der Waals surface area contributed by atoms with Crippen LogP contribution < -0.4 is 14.8 Å². The summed E-state index contributed by atoms with van der Waals surface area (Å²) in [6.45, 7) is 7.37. The Morgan fingerprint density at radius 2 is 1.97 bits per heavy atom. The van der Waals surface area contributed by atoms with Crippen LogP contribution in [0.1, 0.15) is 30.0 Å². The highest BCUT2D eigenvalue weighted by molar-refractivity contribution is 5.92. The second-order valence-corrected chi connectivity index (χ2v) is 10.2. The van der Waals surface area contributed by atoms with Gasteiger partial charge in [-0.05, 0) is 50.2 Å². The number of benzene rings is 2. The molecule has 3 aromatic rings. The molecular formula is C28H27FN4O6. The first-order chi connectivity index (χ1) is 18.9. The minimum atomic E-state index is -0.518. The number of fused-ring (bicyclic) bond motifs is 2. The molecule has 1 saturated carbocycles. The first kappa shape index (κ1) is 25.1. The van der Waals surface area contributed by atoms with Gasteiger partial charge in [0.05, 0.1) is 22.2 Å². The molecule has 2 atom stereocenters. The fourth-order valence-electron chi connectivity index (χ4n) is 5.53. The molecule has 6 rings (SSSR count). The van der Waals surface area contributed by atoms with Crippen LogP contribution in [0.4, 0.5) is 10.1 Å². The molecule has 1 N–H and O–H groups in total. The molecule has 1 aromatic heterocycles. The summed E-state index contributed by atoms with van der Waals surface area (Å²) in [4.78, 5) is 25.7. The van der Waals surface area contributed by atoms with Gasteiger partial charge in [0.25, 0.3) is 5.69 Å². The fourth-order valence-corrected chi connectivity index (χ4v) is 5.53. The van der Waals surface area contributed by atoms with E-state index in [1.165, 1.54) is 36.4 Å². The van der Waals surface area contributed by atoms with Crippen molar-refractivity contribution in [2.45, 2.75) is 18.8 Å². The Labute approximate surface area is 223 Å². The molecule has 1 saturated heterocycles. The van der Waals surface area contributed by atoms with E-state index in [0.29, 0.717) is 29.5 Å². The van der Waals surface area contributed by atoms with Crippen LogP contribution in [0.25, 0.3) is 17.0 Å². The van der Waals surface area contributed by atoms with E-state index in [-0.39, 0.29) is 41.6 Å². The highest BCUT2D eigenvalue weighted by Crippen LogP contribution is 2.45. The Morgan fingerprint density at radius 1 is 1.21 bits per heavy atom. The molecule has 10 nitrogen and oxygen atoms in total. The summed E-state index contributed by atoms with van der Waals surface area (Å²) in [7, 11) is 0. The fraction of sp³-hybridized carbons (Fsp3) is 0.357. The maximum Gasteiger partial charge on any atom is 0.280 e. The summed E-state index contributed by atoms with van der Waals surface area (Å²) in [6.07, 6.45) is 4.58. The maximum absolute atomic E-state index is 13.5. The van der Waals surface area contributed by atoms with E-state index < -0.39 is 4.92 Å². The highest BCUT2D eigenvalue weighted by atomic mass is 19.1. The van der Waals surface area contributed by atoms with Gasteiger partial charge in [-0.2, -0.15) is 0 Å². The Bertz CT molecular complexity index is 1490. The SMILES string of the molecule is C=C1[C@H](CNC(=O)C=Cc2cc3c(cc2[N+](=O)[O-])OCO3)[C@H]1CN1CCC(c2noc3cc(F)ccc23)CC1. The van der Waals surface area contributed by atoms with Crippen molar-refractivity contribution >= 4 is 28.6 Å². The van der Waals surface area contributed by atoms with Crippen LogP contribution in [0.3, 0.4) is 0 Å². The van der Waals surface area contributed by atoms with E-state index in [1.54, 1.807) is 6.07 Å². The van der Waals surface area contributed by atoms with Crippen molar-refractivity contribution in [1.82, 2.24) is 15.4 Å². The van der Waals surface area contributed by atoms with Gasteiger partial charge in [-0.15, -0.1) is 0 Å². The van der Waals surface area contributed by atoms with Crippen LogP contribution in [-0.2, 0) is 4.79 Å². The molecule has 2 fully saturated rings. The summed E-state index contributed by atoms with van der Waals surface area (Å²) in [5.41, 5.74) is 2.61. The lowest BCUT2D eigenvalue weighted by molar-refractivity contribution is -0.385. The lowest BCUT2D eigenvalue weighted by Crippen LogP contribution is -2.35. The van der Waals surface area contributed by atoms with Crippen molar-refractivity contribution in [3.05, 3.63) is 75.7 Å². The average molecular weight is 535 g/mol. The van der Waals surface area contributed by atoms with Gasteiger partial charge in [0.15, 0.2) is 17.1 Å². The van der Waals surface area contributed by atoms with Crippen molar-refractivity contribution in [2.75, 3.05) is 33.0 Å². The number of nitrogens with zero attached hydrogens (tertiary/aromatic N) is 3. The van der Waals surface area contributed by atoms with Crippen LogP contribution >= 0.6 is 0 Å². The van der Waals surface area contributed by atoms with Gasteiger partial charge in [0.1, 0.15) is 5.82 Å². The summed E-state index contributed by atoms with van der Waals surface area (Å²) in [5.74, 6) is 0.852. The van der Waals surface area contributed by atoms with Crippen LogP contribution in [0.2, 0.25) is 0 Å². The van der Waals surface area contributed by atoms with Crippen molar-refractivity contribution in [3.63, 3.8) is 0 Å². The second kappa shape index (κ2) is 10.1. The van der Waals surface area contributed by atoms with E-state index in [0.717, 1.165) is 49.1 Å². The van der Waals surface area contributed by atoms with E-state index in [1.807, 2.05) is 0 Å². The topological polar surface area (TPSA) is 120 Å². The Morgan fingerprint density at radius 3 is 2.74 bits per heavy atom. The van der Waals surface area contributed by atoms with Gasteiger partial charge in [-0.3, -0.25) is 14.9 Å². The summed E-state index contributed by atoms with van der Waals surface area (Å²) < 4.78 is 29.3. The predicted octanol–water partition coefficient (Wildman–Crippen LogP) is 4.42. The summed E-state index contributed by atoms with van der Waals surface area (Å²) in [6, 6.07) is 7.34. The molecule has 202 valence electrons. The number of piperidine rings is 1. The van der Waals surface area contributed by atoms with Crippen LogP contribution in [0, 0.1) is 27.8 Å². The van der Waals surface area contributed by atoms with E-state index in [4.69, 9.17) is 14.0 Å². The lowest BCUT2D eigenvalue weighted by atomic mass is 9.91. The Balaban J connectivity index is 0.980. The highest BCUT2D eigenvalue weighted by Gasteiger charge is 2.43. The van der Waals surface area contributed by atoms with Gasteiger partial charge >= 0.3 is 0 Å². The maximum atomic E-state index is 13.5. The zero-order chi connectivity index (χ0) is 27.1. The zero-order valence-electron chi connectivity index (χ0n) is 21.1. The Hall–Kier alpha value is -4.25. The number of rotatable bonds is 8. The van der Waals surface area contributed by atoms with E-state index in [9.17, 15) is 19.3 Å². The van der Waals surface area contributed by atoms with E-state index in [2.05, 4.69) is 22.0 Å². The van der Waals surface area contributed by atoms with Gasteiger partial charge in [-0.25, -0.2) is 4.39 Å². The Kier molecular flexibility index (Phi) is 6.51. The van der Waals surface area contributed by atoms with Crippen molar-refractivity contribution in [3.8, 4) is 11.5 Å². The molecule has 2 aliphatic heterocycles. The number of hydrogen-bond donors (Lipinski definition) is 1. The number of nitrogens with one attached hydrogen (secondary N) is 1. The van der Waals surface area contributed by atoms with Crippen molar-refractivity contribution in [1.29, 1.82) is 0 Å². The predicted molar refractivity (Wildman–Crippen MR) is 140 cm³/mol. The first-order valence-corrected chi connectivity index (χ1v) is 12.9. The molecule has 1 aliphatic carbocycles. The number of aromatic nitrogens is 1. The van der Waals surface area contributed by atoms with Gasteiger partial charge in [0.2, 0.25) is 12.7 Å². The first-order valence-electron chi connectivity index (χ1n) is 12.9. The number of halogens is 1. The zero-order valence-corrected chi connectivity index (χ0v) is 21.1. The molecule has 11 heteroatoms. The molecule has 0 unspecified atom stereocenters.